The van der Waals surface area contributed by atoms with Gasteiger partial charge in [-0.3, -0.25) is 24.0 Å². The second-order valence-electron chi connectivity index (χ2n) is 10.6. The number of hydrogen-bond acceptors (Lipinski definition) is 12. The van der Waals surface area contributed by atoms with Gasteiger partial charge >= 0.3 is 0 Å². The summed E-state index contributed by atoms with van der Waals surface area (Å²) in [6.07, 6.45) is 1.64. The first-order valence-corrected chi connectivity index (χ1v) is 13.4. The van der Waals surface area contributed by atoms with Crippen molar-refractivity contribution in [2.45, 2.75) is 24.8 Å². The Kier molecular flexibility index (Phi) is 5.66. The lowest BCUT2D eigenvalue weighted by Crippen LogP contribution is -2.51. The van der Waals surface area contributed by atoms with Crippen molar-refractivity contribution in [3.63, 3.8) is 0 Å². The Morgan fingerprint density at radius 2 is 1.66 bits per heavy atom. The van der Waals surface area contributed by atoms with Crippen LogP contribution in [0.5, 0.6) is 11.5 Å². The molecule has 1 atom stereocenters. The first kappa shape index (κ1) is 26.9. The molecule has 0 bridgehead atoms. The van der Waals surface area contributed by atoms with Gasteiger partial charge in [-0.2, -0.15) is 5.11 Å². The van der Waals surface area contributed by atoms with E-state index in [0.717, 1.165) is 13.2 Å². The molecule has 13 heteroatoms. The van der Waals surface area contributed by atoms with Crippen LogP contribution >= 0.6 is 0 Å². The van der Waals surface area contributed by atoms with E-state index in [2.05, 4.69) is 20.2 Å². The maximum atomic E-state index is 13.6. The Labute approximate surface area is 243 Å². The quantitative estimate of drug-likeness (QED) is 0.208. The number of aromatic amines is 1. The van der Waals surface area contributed by atoms with Crippen molar-refractivity contribution in [2.24, 2.45) is 10.2 Å². The van der Waals surface area contributed by atoms with Crippen LogP contribution in [0.25, 0.3) is 22.3 Å². The number of aliphatic hydroxyl groups excluding tert-OH is 2. The number of nitrogens with zero attached hydrogens (tertiary/aromatic N) is 3. The molecule has 3 aromatic rings. The summed E-state index contributed by atoms with van der Waals surface area (Å²) in [5.74, 6) is -2.16. The van der Waals surface area contributed by atoms with Gasteiger partial charge in [0.1, 0.15) is 29.2 Å². The van der Waals surface area contributed by atoms with Gasteiger partial charge in [0.15, 0.2) is 17.0 Å². The Bertz CT molecular complexity index is 2610. The molecule has 13 nitrogen and oxygen atoms in total. The highest BCUT2D eigenvalue weighted by Gasteiger charge is 2.53. The van der Waals surface area contributed by atoms with Gasteiger partial charge in [-0.05, 0) is 42.0 Å². The number of ether oxygens (including phenoxy) is 1. The molecule has 1 aromatic carbocycles. The van der Waals surface area contributed by atoms with Crippen LogP contribution in [-0.2, 0) is 18.4 Å². The molecule has 0 saturated carbocycles. The van der Waals surface area contributed by atoms with Crippen LogP contribution < -0.4 is 42.4 Å². The summed E-state index contributed by atoms with van der Waals surface area (Å²) in [6.45, 7) is 0.00227. The number of aromatic hydroxyl groups is 1. The number of fused-ring (bicyclic) bond motifs is 4. The number of pyridine rings is 2. The van der Waals surface area contributed by atoms with E-state index in [1.54, 1.807) is 36.5 Å². The van der Waals surface area contributed by atoms with Gasteiger partial charge in [0.25, 0.3) is 5.56 Å². The summed E-state index contributed by atoms with van der Waals surface area (Å²) < 4.78 is 4.90. The SMILES string of the molecule is COc1cc(=O)c2c(=O)c3c(c(=O)c=2c1=O)=C(O)C1(CCc2cc4cc(CN=Nc5ccccn5)[nH]c(=O)c4c(O)c21)C=3O. The zero-order valence-electron chi connectivity index (χ0n) is 22.8. The molecule has 4 aliphatic carbocycles. The summed E-state index contributed by atoms with van der Waals surface area (Å²) in [5.41, 5.74) is -6.11. The van der Waals surface area contributed by atoms with Gasteiger partial charge in [0.2, 0.25) is 16.3 Å². The number of phenolic OH excluding ortho intramolecular Hbond substituents is 1. The lowest BCUT2D eigenvalue weighted by atomic mass is 9.78. The smallest absolute Gasteiger partial charge is 0.259 e. The number of methoxy groups -OCH3 is 1. The number of rotatable bonds is 4. The van der Waals surface area contributed by atoms with Crippen LogP contribution in [0.3, 0.4) is 0 Å². The number of aryl methyl sites for hydroxylation is 1. The minimum absolute atomic E-state index is 0.00227. The number of hydrogen-bond donors (Lipinski definition) is 4. The molecule has 4 N–H and O–H groups in total. The van der Waals surface area contributed by atoms with Crippen molar-refractivity contribution in [2.75, 3.05) is 7.11 Å². The molecular weight excluding hydrogens is 572 g/mol. The molecule has 0 radical (unpaired) electrons. The van der Waals surface area contributed by atoms with Crippen molar-refractivity contribution in [3.05, 3.63) is 132 Å². The molecule has 218 valence electrons. The average Bonchev–Trinajstić information content (AvgIpc) is 3.49. The molecule has 44 heavy (non-hydrogen) atoms. The maximum Gasteiger partial charge on any atom is 0.259 e. The fraction of sp³-hybridized carbons (Fsp3) is 0.161. The number of aromatic nitrogens is 2. The Balaban J connectivity index is 1.46. The van der Waals surface area contributed by atoms with Gasteiger partial charge in [-0.15, -0.1) is 5.11 Å². The van der Waals surface area contributed by atoms with Gasteiger partial charge in [-0.25, -0.2) is 4.98 Å². The molecule has 0 saturated heterocycles. The molecule has 0 amide bonds. The Morgan fingerprint density at radius 3 is 2.34 bits per heavy atom. The van der Waals surface area contributed by atoms with E-state index < -0.39 is 76.6 Å². The van der Waals surface area contributed by atoms with Crippen molar-refractivity contribution < 1.29 is 20.1 Å². The zero-order valence-corrected chi connectivity index (χ0v) is 22.8. The first-order valence-electron chi connectivity index (χ1n) is 13.4. The minimum atomic E-state index is -1.97. The second-order valence-corrected chi connectivity index (χ2v) is 10.6. The number of aliphatic hydroxyl groups is 2. The second kappa shape index (κ2) is 9.26. The summed E-state index contributed by atoms with van der Waals surface area (Å²) in [5, 5.41) is 40.1. The van der Waals surface area contributed by atoms with E-state index >= 15 is 0 Å². The van der Waals surface area contributed by atoms with E-state index in [0.29, 0.717) is 22.5 Å². The fourth-order valence-corrected chi connectivity index (χ4v) is 6.48. The maximum absolute atomic E-state index is 13.6. The standard InChI is InChI=1S/C31H20N4O9/c1-44-16-10-15(36)19-20(24(16)37)26(39)22-21(25(19)38)28(41)31(29(22)42)6-5-12-8-13-9-14(11-33-35-17-4-2-3-7-32-17)34-30(43)18(13)27(40)23(12)31/h2-4,7-10,40-42H,5-6,11H2,1H3,(H,34,43). The third kappa shape index (κ3) is 3.40. The predicted molar refractivity (Wildman–Crippen MR) is 156 cm³/mol. The Hall–Kier alpha value is -5.98. The molecule has 1 unspecified atom stereocenters. The topological polar surface area (TPSA) is 209 Å². The van der Waals surface area contributed by atoms with Gasteiger partial charge < -0.3 is 25.0 Å². The van der Waals surface area contributed by atoms with Crippen LogP contribution in [-0.4, -0.2) is 32.4 Å². The summed E-state index contributed by atoms with van der Waals surface area (Å²) >= 11 is 0. The van der Waals surface area contributed by atoms with Crippen LogP contribution in [0.1, 0.15) is 23.2 Å². The van der Waals surface area contributed by atoms with Gasteiger partial charge in [0, 0.05) is 23.5 Å². The highest BCUT2D eigenvalue weighted by atomic mass is 16.5. The third-order valence-electron chi connectivity index (χ3n) is 8.37. The number of H-pyrrole nitrogens is 1. The summed E-state index contributed by atoms with van der Waals surface area (Å²) in [4.78, 5) is 72.8. The molecule has 0 fully saturated rings. The van der Waals surface area contributed by atoms with E-state index in [1.807, 2.05) is 0 Å². The minimum Gasteiger partial charge on any atom is -0.510 e. The monoisotopic (exact) mass is 592 g/mol. The number of phenols is 1. The Morgan fingerprint density at radius 1 is 0.932 bits per heavy atom. The third-order valence-corrected chi connectivity index (χ3v) is 8.37. The highest BCUT2D eigenvalue weighted by Crippen LogP contribution is 2.54. The van der Waals surface area contributed by atoms with Crippen molar-refractivity contribution >= 4 is 28.1 Å². The van der Waals surface area contributed by atoms with Crippen molar-refractivity contribution in [1.29, 1.82) is 0 Å². The van der Waals surface area contributed by atoms with E-state index in [1.165, 1.54) is 0 Å². The van der Waals surface area contributed by atoms with Gasteiger partial charge in [-0.1, -0.05) is 12.1 Å². The van der Waals surface area contributed by atoms with Crippen LogP contribution in [0.15, 0.2) is 76.8 Å². The van der Waals surface area contributed by atoms with Crippen molar-refractivity contribution in [3.8, 4) is 11.5 Å². The number of nitrogens with one attached hydrogen (secondary N) is 1. The normalized spacial score (nSPS) is 17.3. The van der Waals surface area contributed by atoms with Crippen molar-refractivity contribution in [1.82, 2.24) is 9.97 Å². The van der Waals surface area contributed by atoms with E-state index in [-0.39, 0.29) is 30.3 Å². The van der Waals surface area contributed by atoms with Crippen LogP contribution in [0.2, 0.25) is 0 Å². The lowest BCUT2D eigenvalue weighted by molar-refractivity contribution is 0.362. The van der Waals surface area contributed by atoms with Gasteiger partial charge in [0.05, 0.1) is 33.4 Å². The lowest BCUT2D eigenvalue weighted by Gasteiger charge is -2.27. The van der Waals surface area contributed by atoms with Crippen LogP contribution in [0.4, 0.5) is 5.82 Å². The van der Waals surface area contributed by atoms with E-state index in [9.17, 15) is 39.3 Å². The number of benzene rings is 1. The molecule has 2 aromatic heterocycles. The zero-order chi connectivity index (χ0) is 31.1. The first-order chi connectivity index (χ1) is 21.1. The predicted octanol–water partition coefficient (Wildman–Crippen LogP) is 0.193. The molecule has 4 aliphatic rings. The van der Waals surface area contributed by atoms with Crippen LogP contribution in [0, 0.1) is 10.4 Å². The van der Waals surface area contributed by atoms with E-state index in [4.69, 9.17) is 4.74 Å². The highest BCUT2D eigenvalue weighted by molar-refractivity contribution is 5.94. The average molecular weight is 593 g/mol. The molecule has 1 spiro atoms. The molecule has 2 heterocycles. The largest absolute Gasteiger partial charge is 0.510 e. The fourth-order valence-electron chi connectivity index (χ4n) is 6.48. The molecule has 0 aliphatic heterocycles. The number of azo groups is 1. The molecule has 7 rings (SSSR count). The summed E-state index contributed by atoms with van der Waals surface area (Å²) in [6, 6.07) is 9.14. The molecular formula is C31H20N4O9. The summed E-state index contributed by atoms with van der Waals surface area (Å²) in [7, 11) is 1.12.